The van der Waals surface area contributed by atoms with E-state index in [2.05, 4.69) is 27.9 Å². The summed E-state index contributed by atoms with van der Waals surface area (Å²) in [6, 6.07) is 25.0. The Morgan fingerprint density at radius 2 is 1.71 bits per heavy atom. The Kier molecular flexibility index (Phi) is 8.07. The molecule has 0 unspecified atom stereocenters. The summed E-state index contributed by atoms with van der Waals surface area (Å²) in [5, 5.41) is 12.3. The maximum absolute atomic E-state index is 12.5. The maximum atomic E-state index is 12.5. The van der Waals surface area contributed by atoms with Crippen LogP contribution in [-0.2, 0) is 17.9 Å². The number of ether oxygens (including phenoxy) is 2. The lowest BCUT2D eigenvalue weighted by Gasteiger charge is -2.14. The molecule has 6 heteroatoms. The van der Waals surface area contributed by atoms with Crippen LogP contribution in [0.5, 0.6) is 11.5 Å². The van der Waals surface area contributed by atoms with Gasteiger partial charge in [-0.15, -0.1) is 0 Å². The lowest BCUT2D eigenvalue weighted by molar-refractivity contribution is -0.117. The first kappa shape index (κ1) is 22.4. The van der Waals surface area contributed by atoms with E-state index in [1.165, 1.54) is 0 Å². The first-order valence-corrected chi connectivity index (χ1v) is 10.7. The molecular weight excluding hydrogens is 503 g/mol. The van der Waals surface area contributed by atoms with Crippen molar-refractivity contribution in [3.05, 3.63) is 98.6 Å². The lowest BCUT2D eigenvalue weighted by Crippen LogP contribution is -2.23. The molecule has 0 aliphatic carbocycles. The first-order chi connectivity index (χ1) is 15.1. The van der Waals surface area contributed by atoms with Crippen molar-refractivity contribution in [3.8, 4) is 17.6 Å². The Morgan fingerprint density at radius 3 is 2.32 bits per heavy atom. The van der Waals surface area contributed by atoms with Crippen LogP contribution in [0.1, 0.15) is 16.7 Å². The Bertz CT molecular complexity index is 1110. The van der Waals surface area contributed by atoms with Crippen molar-refractivity contribution < 1.29 is 14.3 Å². The Balaban J connectivity index is 1.76. The van der Waals surface area contributed by atoms with Crippen LogP contribution in [-0.4, -0.2) is 13.0 Å². The number of rotatable bonds is 8. The van der Waals surface area contributed by atoms with Crippen molar-refractivity contribution in [2.45, 2.75) is 13.2 Å². The van der Waals surface area contributed by atoms with Gasteiger partial charge in [0.15, 0.2) is 11.5 Å². The van der Waals surface area contributed by atoms with Crippen molar-refractivity contribution in [2.75, 3.05) is 7.11 Å². The number of nitrogens with zero attached hydrogens (tertiary/aromatic N) is 1. The second-order valence-electron chi connectivity index (χ2n) is 6.65. The molecule has 0 bridgehead atoms. The fraction of sp³-hybridized carbons (Fsp3) is 0.120. The zero-order valence-corrected chi connectivity index (χ0v) is 19.1. The topological polar surface area (TPSA) is 71.3 Å². The highest BCUT2D eigenvalue weighted by Gasteiger charge is 2.14. The average Bonchev–Trinajstić information content (AvgIpc) is 2.81. The second kappa shape index (κ2) is 11.2. The van der Waals surface area contributed by atoms with Crippen LogP contribution in [0.25, 0.3) is 6.08 Å². The summed E-state index contributed by atoms with van der Waals surface area (Å²) < 4.78 is 12.3. The van der Waals surface area contributed by atoms with Crippen molar-refractivity contribution >= 4 is 34.6 Å². The molecule has 0 radical (unpaired) electrons. The van der Waals surface area contributed by atoms with E-state index in [0.717, 1.165) is 14.7 Å². The third kappa shape index (κ3) is 6.33. The number of carbonyl (C=O) groups is 1. The lowest BCUT2D eigenvalue weighted by atomic mass is 10.1. The number of nitrogens with one attached hydrogen (secondary N) is 1. The summed E-state index contributed by atoms with van der Waals surface area (Å²) in [4.78, 5) is 12.5. The van der Waals surface area contributed by atoms with Crippen LogP contribution in [0.15, 0.2) is 78.4 Å². The van der Waals surface area contributed by atoms with Crippen molar-refractivity contribution in [2.24, 2.45) is 0 Å². The largest absolute Gasteiger partial charge is 0.493 e. The monoisotopic (exact) mass is 524 g/mol. The van der Waals surface area contributed by atoms with Gasteiger partial charge in [0.25, 0.3) is 5.91 Å². The summed E-state index contributed by atoms with van der Waals surface area (Å²) in [6.45, 7) is 0.763. The van der Waals surface area contributed by atoms with Crippen LogP contribution in [0, 0.1) is 14.9 Å². The summed E-state index contributed by atoms with van der Waals surface area (Å²) in [5.74, 6) is 0.733. The van der Waals surface area contributed by atoms with Gasteiger partial charge in [-0.2, -0.15) is 5.26 Å². The molecule has 1 N–H and O–H groups in total. The smallest absolute Gasteiger partial charge is 0.262 e. The molecule has 0 heterocycles. The number of methoxy groups -OCH3 is 1. The number of amides is 1. The van der Waals surface area contributed by atoms with Crippen LogP contribution < -0.4 is 14.8 Å². The highest BCUT2D eigenvalue weighted by molar-refractivity contribution is 14.1. The van der Waals surface area contributed by atoms with E-state index >= 15 is 0 Å². The van der Waals surface area contributed by atoms with Gasteiger partial charge >= 0.3 is 0 Å². The molecular formula is C25H21IN2O3. The summed E-state index contributed by atoms with van der Waals surface area (Å²) >= 11 is 2.16. The zero-order valence-electron chi connectivity index (χ0n) is 17.0. The summed E-state index contributed by atoms with van der Waals surface area (Å²) in [7, 11) is 1.56. The number of hydrogen-bond donors (Lipinski definition) is 1. The van der Waals surface area contributed by atoms with Gasteiger partial charge in [0.05, 0.1) is 10.7 Å². The molecule has 0 fully saturated rings. The molecule has 3 aromatic rings. The fourth-order valence-electron chi connectivity index (χ4n) is 2.88. The van der Waals surface area contributed by atoms with Crippen LogP contribution in [0.4, 0.5) is 0 Å². The normalized spacial score (nSPS) is 10.8. The van der Waals surface area contributed by atoms with Gasteiger partial charge in [-0.25, -0.2) is 0 Å². The summed E-state index contributed by atoms with van der Waals surface area (Å²) in [6.07, 6.45) is 1.55. The molecule has 0 atom stereocenters. The van der Waals surface area contributed by atoms with Gasteiger partial charge in [0.1, 0.15) is 18.2 Å². The summed E-state index contributed by atoms with van der Waals surface area (Å²) in [5.41, 5.74) is 2.71. The minimum atomic E-state index is -0.426. The molecule has 0 saturated carbocycles. The molecule has 0 aliphatic heterocycles. The fourth-order valence-corrected chi connectivity index (χ4v) is 3.66. The molecule has 0 aliphatic rings. The Labute approximate surface area is 195 Å². The third-order valence-corrected chi connectivity index (χ3v) is 5.25. The van der Waals surface area contributed by atoms with E-state index < -0.39 is 5.91 Å². The van der Waals surface area contributed by atoms with E-state index in [1.54, 1.807) is 19.3 Å². The van der Waals surface area contributed by atoms with Gasteiger partial charge in [-0.1, -0.05) is 60.7 Å². The average molecular weight is 524 g/mol. The van der Waals surface area contributed by atoms with Gasteiger partial charge < -0.3 is 14.8 Å². The van der Waals surface area contributed by atoms with Crippen molar-refractivity contribution in [1.82, 2.24) is 5.32 Å². The predicted octanol–water partition coefficient (Wildman–Crippen LogP) is 5.10. The minimum absolute atomic E-state index is 0.0201. The molecule has 0 aromatic heterocycles. The second-order valence-corrected chi connectivity index (χ2v) is 7.81. The number of carbonyl (C=O) groups excluding carboxylic acids is 1. The van der Waals surface area contributed by atoms with E-state index in [9.17, 15) is 10.1 Å². The van der Waals surface area contributed by atoms with Gasteiger partial charge in [0.2, 0.25) is 0 Å². The number of nitriles is 1. The Morgan fingerprint density at radius 1 is 1.06 bits per heavy atom. The van der Waals surface area contributed by atoms with Crippen molar-refractivity contribution in [1.29, 1.82) is 5.26 Å². The quantitative estimate of drug-likeness (QED) is 0.253. The molecule has 5 nitrogen and oxygen atoms in total. The minimum Gasteiger partial charge on any atom is -0.493 e. The van der Waals surface area contributed by atoms with Crippen molar-refractivity contribution in [3.63, 3.8) is 0 Å². The Hall–Kier alpha value is -3.31. The SMILES string of the molecule is COc1cc(/C=C(\C#N)C(=O)NCc2ccccc2)cc(I)c1OCc1ccccc1. The molecule has 1 amide bonds. The highest BCUT2D eigenvalue weighted by Crippen LogP contribution is 2.35. The van der Waals surface area contributed by atoms with Gasteiger partial charge in [-0.05, 0) is 57.5 Å². The van der Waals surface area contributed by atoms with Crippen LogP contribution in [0.3, 0.4) is 0 Å². The molecule has 156 valence electrons. The zero-order chi connectivity index (χ0) is 22.1. The molecule has 3 rings (SSSR count). The van der Waals surface area contributed by atoms with Crippen LogP contribution in [0.2, 0.25) is 0 Å². The number of hydrogen-bond acceptors (Lipinski definition) is 4. The molecule has 3 aromatic carbocycles. The molecule has 0 spiro atoms. The molecule has 31 heavy (non-hydrogen) atoms. The van der Waals surface area contributed by atoms with Gasteiger partial charge in [0, 0.05) is 6.54 Å². The first-order valence-electron chi connectivity index (χ1n) is 9.59. The van der Waals surface area contributed by atoms with E-state index in [1.807, 2.05) is 72.8 Å². The van der Waals surface area contributed by atoms with Crippen LogP contribution >= 0.6 is 22.6 Å². The number of benzene rings is 3. The van der Waals surface area contributed by atoms with E-state index in [0.29, 0.717) is 30.2 Å². The predicted molar refractivity (Wildman–Crippen MR) is 128 cm³/mol. The number of halogens is 1. The third-order valence-electron chi connectivity index (χ3n) is 4.45. The molecule has 0 saturated heterocycles. The van der Waals surface area contributed by atoms with E-state index in [4.69, 9.17) is 9.47 Å². The highest BCUT2D eigenvalue weighted by atomic mass is 127. The standard InChI is InChI=1S/C25H21IN2O3/c1-30-23-14-20(13-22(26)24(23)31-17-19-10-6-3-7-11-19)12-21(15-27)25(29)28-16-18-8-4-2-5-9-18/h2-14H,16-17H2,1H3,(H,28,29)/b21-12+. The maximum Gasteiger partial charge on any atom is 0.262 e. The van der Waals surface area contributed by atoms with E-state index in [-0.39, 0.29) is 5.57 Å². The van der Waals surface area contributed by atoms with Gasteiger partial charge in [-0.3, -0.25) is 4.79 Å².